The zero-order valence-electron chi connectivity index (χ0n) is 9.35. The number of aromatic nitrogens is 2. The highest BCUT2D eigenvalue weighted by Crippen LogP contribution is 2.22. The first-order valence-electron chi connectivity index (χ1n) is 4.89. The summed E-state index contributed by atoms with van der Waals surface area (Å²) >= 11 is 1.30. The SMILES string of the molecule is CC(C)(C)OC(=O)c1nc2ccncc2s1. The standard InChI is InChI=1S/C11H12N2O2S/c1-11(2,3)15-10(14)9-13-7-4-5-12-6-8(7)16-9/h4-6H,1-3H3. The molecule has 0 fully saturated rings. The van der Waals surface area contributed by atoms with Crippen LogP contribution in [0.4, 0.5) is 0 Å². The second kappa shape index (κ2) is 3.83. The average molecular weight is 236 g/mol. The Kier molecular flexibility index (Phi) is 2.63. The largest absolute Gasteiger partial charge is 0.455 e. The minimum atomic E-state index is -0.493. The number of carbonyl (C=O) groups is 1. The van der Waals surface area contributed by atoms with Gasteiger partial charge in [0, 0.05) is 12.4 Å². The van der Waals surface area contributed by atoms with Gasteiger partial charge in [-0.1, -0.05) is 0 Å². The number of carbonyl (C=O) groups excluding carboxylic acids is 1. The third-order valence-electron chi connectivity index (χ3n) is 1.76. The molecule has 2 rings (SSSR count). The zero-order valence-corrected chi connectivity index (χ0v) is 10.2. The molecular formula is C11H12N2O2S. The molecule has 0 aliphatic heterocycles. The Morgan fingerprint density at radius 1 is 1.44 bits per heavy atom. The van der Waals surface area contributed by atoms with E-state index < -0.39 is 5.60 Å². The number of pyridine rings is 1. The van der Waals surface area contributed by atoms with Gasteiger partial charge in [0.05, 0.1) is 10.2 Å². The monoisotopic (exact) mass is 236 g/mol. The summed E-state index contributed by atoms with van der Waals surface area (Å²) in [7, 11) is 0. The number of nitrogens with zero attached hydrogens (tertiary/aromatic N) is 2. The lowest BCUT2D eigenvalue weighted by Gasteiger charge is -2.18. The fraction of sp³-hybridized carbons (Fsp3) is 0.364. The maximum absolute atomic E-state index is 11.7. The zero-order chi connectivity index (χ0) is 11.8. The van der Waals surface area contributed by atoms with Crippen LogP contribution in [0.25, 0.3) is 10.2 Å². The highest BCUT2D eigenvalue weighted by Gasteiger charge is 2.20. The van der Waals surface area contributed by atoms with Gasteiger partial charge in [-0.2, -0.15) is 0 Å². The van der Waals surface area contributed by atoms with Gasteiger partial charge in [-0.25, -0.2) is 9.78 Å². The summed E-state index contributed by atoms with van der Waals surface area (Å²) in [6.07, 6.45) is 3.35. The Labute approximate surface area is 97.3 Å². The van der Waals surface area contributed by atoms with Gasteiger partial charge in [-0.05, 0) is 26.8 Å². The molecule has 0 spiro atoms. The van der Waals surface area contributed by atoms with Gasteiger partial charge in [0.2, 0.25) is 5.01 Å². The third-order valence-corrected chi connectivity index (χ3v) is 2.75. The molecule has 0 aliphatic rings. The van der Waals surface area contributed by atoms with Crippen LogP contribution in [-0.2, 0) is 4.74 Å². The first kappa shape index (κ1) is 11.0. The summed E-state index contributed by atoms with van der Waals surface area (Å²) in [6, 6.07) is 1.78. The number of ether oxygens (including phenoxy) is 1. The van der Waals surface area contributed by atoms with E-state index in [0.29, 0.717) is 5.01 Å². The van der Waals surface area contributed by atoms with Gasteiger partial charge in [0.1, 0.15) is 5.60 Å². The van der Waals surface area contributed by atoms with E-state index in [-0.39, 0.29) is 5.97 Å². The van der Waals surface area contributed by atoms with Gasteiger partial charge < -0.3 is 4.74 Å². The van der Waals surface area contributed by atoms with Crippen molar-refractivity contribution < 1.29 is 9.53 Å². The lowest BCUT2D eigenvalue weighted by atomic mass is 10.2. The minimum Gasteiger partial charge on any atom is -0.455 e. The van der Waals surface area contributed by atoms with Gasteiger partial charge in [0.25, 0.3) is 0 Å². The average Bonchev–Trinajstić information content (AvgIpc) is 2.58. The van der Waals surface area contributed by atoms with Crippen molar-refractivity contribution in [1.29, 1.82) is 0 Å². The van der Waals surface area contributed by atoms with Crippen molar-refractivity contribution in [2.24, 2.45) is 0 Å². The highest BCUT2D eigenvalue weighted by atomic mass is 32.1. The first-order valence-corrected chi connectivity index (χ1v) is 5.71. The van der Waals surface area contributed by atoms with Crippen LogP contribution in [0, 0.1) is 0 Å². The maximum atomic E-state index is 11.7. The third kappa shape index (κ3) is 2.36. The minimum absolute atomic E-state index is 0.373. The van der Waals surface area contributed by atoms with Crippen LogP contribution in [0.3, 0.4) is 0 Å². The van der Waals surface area contributed by atoms with Crippen LogP contribution in [0.5, 0.6) is 0 Å². The van der Waals surface area contributed by atoms with Crippen LogP contribution in [0.15, 0.2) is 18.5 Å². The van der Waals surface area contributed by atoms with Crippen molar-refractivity contribution >= 4 is 27.5 Å². The van der Waals surface area contributed by atoms with E-state index in [1.807, 2.05) is 20.8 Å². The summed E-state index contributed by atoms with van der Waals surface area (Å²) in [6.45, 7) is 5.50. The first-order chi connectivity index (χ1) is 7.46. The van der Waals surface area contributed by atoms with E-state index in [0.717, 1.165) is 10.2 Å². The molecule has 16 heavy (non-hydrogen) atoms. The topological polar surface area (TPSA) is 52.1 Å². The normalized spacial score (nSPS) is 11.7. The molecule has 2 aromatic rings. The lowest BCUT2D eigenvalue weighted by Crippen LogP contribution is -2.23. The fourth-order valence-corrected chi connectivity index (χ4v) is 2.00. The van der Waals surface area contributed by atoms with Crippen molar-refractivity contribution in [3.63, 3.8) is 0 Å². The van der Waals surface area contributed by atoms with E-state index in [2.05, 4.69) is 9.97 Å². The highest BCUT2D eigenvalue weighted by molar-refractivity contribution is 7.20. The van der Waals surface area contributed by atoms with Gasteiger partial charge in [-0.15, -0.1) is 11.3 Å². The molecule has 0 radical (unpaired) electrons. The molecule has 0 N–H and O–H groups in total. The van der Waals surface area contributed by atoms with E-state index in [1.54, 1.807) is 18.5 Å². The van der Waals surface area contributed by atoms with E-state index >= 15 is 0 Å². The summed E-state index contributed by atoms with van der Waals surface area (Å²) < 4.78 is 6.13. The molecule has 0 aromatic carbocycles. The molecule has 5 heteroatoms. The van der Waals surface area contributed by atoms with Crippen molar-refractivity contribution in [2.75, 3.05) is 0 Å². The van der Waals surface area contributed by atoms with E-state index in [9.17, 15) is 4.79 Å². The Hall–Kier alpha value is -1.49. The Balaban J connectivity index is 2.30. The lowest BCUT2D eigenvalue weighted by molar-refractivity contribution is 0.00695. The predicted octanol–water partition coefficient (Wildman–Crippen LogP) is 2.65. The van der Waals surface area contributed by atoms with Crippen molar-refractivity contribution in [3.8, 4) is 0 Å². The Bertz CT molecular complexity index is 495. The van der Waals surface area contributed by atoms with Gasteiger partial charge >= 0.3 is 5.97 Å². The van der Waals surface area contributed by atoms with Crippen LogP contribution in [0.2, 0.25) is 0 Å². The van der Waals surface area contributed by atoms with Crippen molar-refractivity contribution in [2.45, 2.75) is 26.4 Å². The number of fused-ring (bicyclic) bond motifs is 1. The molecule has 2 heterocycles. The second-order valence-electron chi connectivity index (χ2n) is 4.36. The predicted molar refractivity (Wildman–Crippen MR) is 62.6 cm³/mol. The molecule has 4 nitrogen and oxygen atoms in total. The summed E-state index contributed by atoms with van der Waals surface area (Å²) in [5.74, 6) is -0.381. The molecule has 0 atom stereocenters. The molecule has 2 aromatic heterocycles. The van der Waals surface area contributed by atoms with Crippen LogP contribution >= 0.6 is 11.3 Å². The quantitative estimate of drug-likeness (QED) is 0.714. The number of thiazole rings is 1. The van der Waals surface area contributed by atoms with Crippen molar-refractivity contribution in [3.05, 3.63) is 23.5 Å². The molecule has 0 saturated carbocycles. The Morgan fingerprint density at radius 3 is 2.81 bits per heavy atom. The second-order valence-corrected chi connectivity index (χ2v) is 5.39. The van der Waals surface area contributed by atoms with Gasteiger partial charge in [0.15, 0.2) is 0 Å². The van der Waals surface area contributed by atoms with Crippen molar-refractivity contribution in [1.82, 2.24) is 9.97 Å². The molecule has 0 saturated heterocycles. The Morgan fingerprint density at radius 2 is 2.19 bits per heavy atom. The van der Waals surface area contributed by atoms with Gasteiger partial charge in [-0.3, -0.25) is 4.98 Å². The van der Waals surface area contributed by atoms with Crippen LogP contribution in [-0.4, -0.2) is 21.5 Å². The van der Waals surface area contributed by atoms with E-state index in [1.165, 1.54) is 11.3 Å². The number of rotatable bonds is 1. The van der Waals surface area contributed by atoms with Crippen LogP contribution < -0.4 is 0 Å². The maximum Gasteiger partial charge on any atom is 0.367 e. The molecule has 0 aliphatic carbocycles. The molecular weight excluding hydrogens is 224 g/mol. The summed E-state index contributed by atoms with van der Waals surface area (Å²) in [5, 5.41) is 0.373. The molecule has 84 valence electrons. The number of hydrogen-bond donors (Lipinski definition) is 0. The fourth-order valence-electron chi connectivity index (χ4n) is 1.19. The smallest absolute Gasteiger partial charge is 0.367 e. The molecule has 0 amide bonds. The molecule has 0 unspecified atom stereocenters. The number of hydrogen-bond acceptors (Lipinski definition) is 5. The summed E-state index contributed by atoms with van der Waals surface area (Å²) in [4.78, 5) is 19.9. The number of esters is 1. The summed E-state index contributed by atoms with van der Waals surface area (Å²) in [5.41, 5.74) is 0.286. The van der Waals surface area contributed by atoms with E-state index in [4.69, 9.17) is 4.74 Å². The van der Waals surface area contributed by atoms with Crippen LogP contribution in [0.1, 0.15) is 30.6 Å². The molecule has 0 bridgehead atoms.